The molecule has 0 fully saturated rings. The van der Waals surface area contributed by atoms with Gasteiger partial charge in [-0.15, -0.1) is 0 Å². The second-order valence-electron chi connectivity index (χ2n) is 6.30. The van der Waals surface area contributed by atoms with Gasteiger partial charge in [-0.1, -0.05) is 35.0 Å². The van der Waals surface area contributed by atoms with Gasteiger partial charge in [-0.25, -0.2) is 13.1 Å². The van der Waals surface area contributed by atoms with Crippen LogP contribution in [-0.2, 0) is 16.6 Å². The predicted octanol–water partition coefficient (Wildman–Crippen LogP) is 3.15. The monoisotopic (exact) mass is 387 g/mol. The van der Waals surface area contributed by atoms with E-state index < -0.39 is 10.0 Å². The third-order valence-electron chi connectivity index (χ3n) is 4.08. The van der Waals surface area contributed by atoms with E-state index in [4.69, 9.17) is 9.26 Å². The number of rotatable bonds is 6. The summed E-state index contributed by atoms with van der Waals surface area (Å²) in [6.07, 6.45) is 0. The van der Waals surface area contributed by atoms with Crippen molar-refractivity contribution in [3.8, 4) is 17.1 Å². The van der Waals surface area contributed by atoms with Crippen molar-refractivity contribution < 1.29 is 17.7 Å². The van der Waals surface area contributed by atoms with Gasteiger partial charge in [-0.3, -0.25) is 0 Å². The van der Waals surface area contributed by atoms with Gasteiger partial charge in [0.2, 0.25) is 21.7 Å². The van der Waals surface area contributed by atoms with Crippen LogP contribution in [0.3, 0.4) is 0 Å². The molecule has 2 aromatic carbocycles. The number of nitrogens with one attached hydrogen (secondary N) is 1. The number of sulfonamides is 1. The molecule has 3 rings (SSSR count). The average molecular weight is 387 g/mol. The molecule has 0 radical (unpaired) electrons. The number of ether oxygens (including phenoxy) is 1. The summed E-state index contributed by atoms with van der Waals surface area (Å²) in [5.41, 5.74) is 3.13. The number of aromatic nitrogens is 2. The zero-order valence-corrected chi connectivity index (χ0v) is 16.4. The maximum atomic E-state index is 12.7. The van der Waals surface area contributed by atoms with Crippen LogP contribution in [0.4, 0.5) is 0 Å². The van der Waals surface area contributed by atoms with E-state index in [-0.39, 0.29) is 17.3 Å². The van der Waals surface area contributed by atoms with E-state index in [9.17, 15) is 8.42 Å². The highest BCUT2D eigenvalue weighted by Crippen LogP contribution is 2.23. The highest BCUT2D eigenvalue weighted by atomic mass is 32.2. The van der Waals surface area contributed by atoms with E-state index in [2.05, 4.69) is 14.9 Å². The molecule has 0 saturated heterocycles. The lowest BCUT2D eigenvalue weighted by Gasteiger charge is -2.12. The van der Waals surface area contributed by atoms with Crippen molar-refractivity contribution in [3.63, 3.8) is 0 Å². The van der Waals surface area contributed by atoms with Crippen LogP contribution in [0.5, 0.6) is 5.75 Å². The van der Waals surface area contributed by atoms with Crippen LogP contribution in [0, 0.1) is 20.8 Å². The molecule has 1 N–H and O–H groups in total. The number of benzene rings is 2. The molecular weight excluding hydrogens is 366 g/mol. The highest BCUT2D eigenvalue weighted by molar-refractivity contribution is 7.89. The first kappa shape index (κ1) is 19.1. The zero-order chi connectivity index (χ0) is 19.6. The second-order valence-corrected chi connectivity index (χ2v) is 8.00. The lowest BCUT2D eigenvalue weighted by molar-refractivity contribution is 0.376. The smallest absolute Gasteiger partial charge is 0.242 e. The Hall–Kier alpha value is -2.71. The van der Waals surface area contributed by atoms with Crippen molar-refractivity contribution in [2.75, 3.05) is 7.11 Å². The molecule has 0 amide bonds. The summed E-state index contributed by atoms with van der Waals surface area (Å²) < 4.78 is 38.3. The summed E-state index contributed by atoms with van der Waals surface area (Å²) in [6.45, 7) is 5.40. The lowest BCUT2D eigenvalue weighted by Crippen LogP contribution is -2.25. The lowest BCUT2D eigenvalue weighted by atomic mass is 10.1. The van der Waals surface area contributed by atoms with Gasteiger partial charge >= 0.3 is 0 Å². The first-order valence-electron chi connectivity index (χ1n) is 8.34. The number of hydrogen-bond donors (Lipinski definition) is 1. The van der Waals surface area contributed by atoms with Crippen molar-refractivity contribution in [2.45, 2.75) is 32.2 Å². The average Bonchev–Trinajstić information content (AvgIpc) is 3.08. The van der Waals surface area contributed by atoms with Gasteiger partial charge in [0.05, 0.1) is 18.6 Å². The number of aryl methyl sites for hydroxylation is 3. The summed E-state index contributed by atoms with van der Waals surface area (Å²) >= 11 is 0. The van der Waals surface area contributed by atoms with E-state index in [1.165, 1.54) is 0 Å². The Morgan fingerprint density at radius 3 is 2.48 bits per heavy atom. The van der Waals surface area contributed by atoms with Gasteiger partial charge in [0.25, 0.3) is 0 Å². The Balaban J connectivity index is 1.78. The molecule has 0 aliphatic carbocycles. The first-order chi connectivity index (χ1) is 12.8. The van der Waals surface area contributed by atoms with Crippen molar-refractivity contribution >= 4 is 10.0 Å². The molecule has 3 aromatic rings. The van der Waals surface area contributed by atoms with Gasteiger partial charge in [0.15, 0.2) is 0 Å². The van der Waals surface area contributed by atoms with Crippen LogP contribution in [0.1, 0.15) is 22.6 Å². The summed E-state index contributed by atoms with van der Waals surface area (Å²) in [7, 11) is -2.13. The van der Waals surface area contributed by atoms with Crippen LogP contribution < -0.4 is 9.46 Å². The van der Waals surface area contributed by atoms with Gasteiger partial charge in [-0.05, 0) is 44.0 Å². The number of methoxy groups -OCH3 is 1. The van der Waals surface area contributed by atoms with Crippen LogP contribution >= 0.6 is 0 Å². The number of hydrogen-bond acceptors (Lipinski definition) is 6. The van der Waals surface area contributed by atoms with E-state index in [1.54, 1.807) is 27.0 Å². The van der Waals surface area contributed by atoms with E-state index in [0.717, 1.165) is 11.1 Å². The molecule has 0 aliphatic rings. The van der Waals surface area contributed by atoms with Crippen molar-refractivity contribution in [3.05, 3.63) is 59.0 Å². The van der Waals surface area contributed by atoms with E-state index >= 15 is 0 Å². The maximum Gasteiger partial charge on any atom is 0.242 e. The SMILES string of the molecule is COc1cccc(-c2noc(CNS(=O)(=O)c3c(C)cc(C)cc3C)n2)c1. The Kier molecular flexibility index (Phi) is 5.29. The molecule has 8 heteroatoms. The number of nitrogens with zero attached hydrogens (tertiary/aromatic N) is 2. The minimum absolute atomic E-state index is 0.0912. The minimum Gasteiger partial charge on any atom is -0.497 e. The van der Waals surface area contributed by atoms with E-state index in [0.29, 0.717) is 22.7 Å². The molecule has 0 atom stereocenters. The molecule has 0 spiro atoms. The van der Waals surface area contributed by atoms with Gasteiger partial charge in [0.1, 0.15) is 5.75 Å². The molecule has 1 heterocycles. The quantitative estimate of drug-likeness (QED) is 0.698. The molecule has 142 valence electrons. The van der Waals surface area contributed by atoms with Gasteiger partial charge < -0.3 is 9.26 Å². The fourth-order valence-corrected chi connectivity index (χ4v) is 4.45. The van der Waals surface area contributed by atoms with Crippen LogP contribution in [-0.4, -0.2) is 25.7 Å². The predicted molar refractivity (Wildman–Crippen MR) is 101 cm³/mol. The fraction of sp³-hybridized carbons (Fsp3) is 0.263. The summed E-state index contributed by atoms with van der Waals surface area (Å²) in [4.78, 5) is 4.53. The molecule has 7 nitrogen and oxygen atoms in total. The minimum atomic E-state index is -3.70. The van der Waals surface area contributed by atoms with Crippen molar-refractivity contribution in [1.82, 2.24) is 14.9 Å². The zero-order valence-electron chi connectivity index (χ0n) is 15.6. The second kappa shape index (κ2) is 7.50. The summed E-state index contributed by atoms with van der Waals surface area (Å²) in [5, 5.41) is 3.91. The van der Waals surface area contributed by atoms with E-state index in [1.807, 2.05) is 37.3 Å². The third-order valence-corrected chi connectivity index (χ3v) is 5.79. The topological polar surface area (TPSA) is 94.3 Å². The largest absolute Gasteiger partial charge is 0.497 e. The summed E-state index contributed by atoms with van der Waals surface area (Å²) in [5.74, 6) is 1.22. The molecule has 0 unspecified atom stereocenters. The summed E-state index contributed by atoms with van der Waals surface area (Å²) in [6, 6.07) is 10.9. The van der Waals surface area contributed by atoms with Crippen molar-refractivity contribution in [2.24, 2.45) is 0 Å². The first-order valence-corrected chi connectivity index (χ1v) is 9.83. The van der Waals surface area contributed by atoms with Gasteiger partial charge in [0, 0.05) is 5.56 Å². The molecule has 1 aromatic heterocycles. The van der Waals surface area contributed by atoms with Crippen LogP contribution in [0.2, 0.25) is 0 Å². The van der Waals surface area contributed by atoms with Crippen LogP contribution in [0.25, 0.3) is 11.4 Å². The normalized spacial score (nSPS) is 11.6. The molecule has 0 saturated carbocycles. The highest BCUT2D eigenvalue weighted by Gasteiger charge is 2.21. The Morgan fingerprint density at radius 2 is 1.81 bits per heavy atom. The van der Waals surface area contributed by atoms with Gasteiger partial charge in [-0.2, -0.15) is 4.98 Å². The Bertz CT molecular complexity index is 1050. The Labute approximate surface area is 158 Å². The molecule has 27 heavy (non-hydrogen) atoms. The molecule has 0 aliphatic heterocycles. The molecular formula is C19H21N3O4S. The maximum absolute atomic E-state index is 12.7. The standard InChI is InChI=1S/C19H21N3O4S/c1-12-8-13(2)18(14(3)9-12)27(23,24)20-11-17-21-19(22-26-17)15-6-5-7-16(10-15)25-4/h5-10,20H,11H2,1-4H3. The Morgan fingerprint density at radius 1 is 1.11 bits per heavy atom. The van der Waals surface area contributed by atoms with Crippen molar-refractivity contribution in [1.29, 1.82) is 0 Å². The third kappa shape index (κ3) is 4.17. The molecule has 0 bridgehead atoms. The fourth-order valence-electron chi connectivity index (χ4n) is 3.03. The van der Waals surface area contributed by atoms with Crippen LogP contribution in [0.15, 0.2) is 45.8 Å².